The molecule has 3 heterocycles. The van der Waals surface area contributed by atoms with Crippen molar-refractivity contribution in [2.45, 2.75) is 58.0 Å². The van der Waals surface area contributed by atoms with Crippen molar-refractivity contribution in [3.8, 4) is 0 Å². The van der Waals surface area contributed by atoms with Crippen LogP contribution in [-0.2, 0) is 11.2 Å². The standard InChI is InChI=1S/C18H27N3O3/c1-4-12-15(18(23)24-3)11(2)16(19-12)17(22)20-13-8-10-21-9-6-5-7-14(13)21/h13-14,19H,4-10H2,1-3H3,(H,20,22)/t13-,14-/m0/s1. The second-order valence-corrected chi connectivity index (χ2v) is 6.79. The van der Waals surface area contributed by atoms with E-state index in [2.05, 4.69) is 15.2 Å². The summed E-state index contributed by atoms with van der Waals surface area (Å²) in [5, 5.41) is 3.19. The Balaban J connectivity index is 1.78. The van der Waals surface area contributed by atoms with Gasteiger partial charge in [0.15, 0.2) is 0 Å². The molecule has 1 aromatic rings. The molecule has 0 bridgehead atoms. The van der Waals surface area contributed by atoms with Gasteiger partial charge in [-0.25, -0.2) is 4.79 Å². The molecule has 2 fully saturated rings. The van der Waals surface area contributed by atoms with Crippen LogP contribution in [-0.4, -0.2) is 54.0 Å². The molecule has 0 unspecified atom stereocenters. The second-order valence-electron chi connectivity index (χ2n) is 6.79. The smallest absolute Gasteiger partial charge is 0.339 e. The maximum atomic E-state index is 12.8. The Hall–Kier alpha value is -1.82. The minimum atomic E-state index is -0.390. The summed E-state index contributed by atoms with van der Waals surface area (Å²) in [5.74, 6) is -0.506. The molecule has 0 aromatic carbocycles. The SMILES string of the molecule is CCc1[nH]c(C(=O)N[C@H]2CCN3CCCC[C@@H]23)c(C)c1C(=O)OC. The first-order chi connectivity index (χ1) is 11.6. The molecular formula is C18H27N3O3. The molecule has 2 saturated heterocycles. The highest BCUT2D eigenvalue weighted by atomic mass is 16.5. The summed E-state index contributed by atoms with van der Waals surface area (Å²) in [5.41, 5.74) is 2.42. The summed E-state index contributed by atoms with van der Waals surface area (Å²) in [4.78, 5) is 30.4. The summed E-state index contributed by atoms with van der Waals surface area (Å²) in [6, 6.07) is 0.663. The third-order valence-electron chi connectivity index (χ3n) is 5.47. The predicted molar refractivity (Wildman–Crippen MR) is 91.3 cm³/mol. The largest absolute Gasteiger partial charge is 0.465 e. The van der Waals surface area contributed by atoms with Gasteiger partial charge in [0.1, 0.15) is 5.69 Å². The maximum absolute atomic E-state index is 12.8. The fourth-order valence-electron chi connectivity index (χ4n) is 4.19. The fraction of sp³-hybridized carbons (Fsp3) is 0.667. The number of carbonyl (C=O) groups excluding carboxylic acids is 2. The molecule has 1 amide bonds. The van der Waals surface area contributed by atoms with E-state index >= 15 is 0 Å². The van der Waals surface area contributed by atoms with Gasteiger partial charge in [0.25, 0.3) is 5.91 Å². The quantitative estimate of drug-likeness (QED) is 0.827. The molecule has 2 aliphatic heterocycles. The number of hydrogen-bond acceptors (Lipinski definition) is 4. The molecular weight excluding hydrogens is 306 g/mol. The average Bonchev–Trinajstić information content (AvgIpc) is 3.15. The molecule has 0 radical (unpaired) electrons. The zero-order valence-corrected chi connectivity index (χ0v) is 14.8. The third-order valence-corrected chi connectivity index (χ3v) is 5.47. The highest BCUT2D eigenvalue weighted by molar-refractivity contribution is 6.00. The van der Waals surface area contributed by atoms with Crippen LogP contribution in [0.1, 0.15) is 64.7 Å². The number of carbonyl (C=O) groups is 2. The van der Waals surface area contributed by atoms with Crippen LogP contribution in [0.5, 0.6) is 0 Å². The number of amides is 1. The molecule has 132 valence electrons. The van der Waals surface area contributed by atoms with Gasteiger partial charge in [-0.05, 0) is 44.7 Å². The van der Waals surface area contributed by atoms with Gasteiger partial charge in [0.05, 0.1) is 12.7 Å². The van der Waals surface area contributed by atoms with Crippen LogP contribution in [0, 0.1) is 6.92 Å². The van der Waals surface area contributed by atoms with Crippen molar-refractivity contribution in [3.63, 3.8) is 0 Å². The first-order valence-electron chi connectivity index (χ1n) is 8.91. The van der Waals surface area contributed by atoms with Crippen molar-refractivity contribution in [2.75, 3.05) is 20.2 Å². The lowest BCUT2D eigenvalue weighted by molar-refractivity contribution is 0.0599. The number of ether oxygens (including phenoxy) is 1. The minimum Gasteiger partial charge on any atom is -0.465 e. The minimum absolute atomic E-state index is 0.116. The molecule has 0 saturated carbocycles. The first kappa shape index (κ1) is 17.0. The topological polar surface area (TPSA) is 74.4 Å². The van der Waals surface area contributed by atoms with Crippen LogP contribution < -0.4 is 5.32 Å². The number of methoxy groups -OCH3 is 1. The van der Waals surface area contributed by atoms with E-state index in [1.54, 1.807) is 6.92 Å². The van der Waals surface area contributed by atoms with Crippen molar-refractivity contribution in [1.29, 1.82) is 0 Å². The van der Waals surface area contributed by atoms with Gasteiger partial charge in [0, 0.05) is 24.3 Å². The van der Waals surface area contributed by atoms with Crippen LogP contribution >= 0.6 is 0 Å². The van der Waals surface area contributed by atoms with Crippen LogP contribution in [0.3, 0.4) is 0 Å². The number of nitrogens with zero attached hydrogens (tertiary/aromatic N) is 1. The zero-order valence-electron chi connectivity index (χ0n) is 14.8. The normalized spacial score (nSPS) is 23.8. The van der Waals surface area contributed by atoms with E-state index in [1.165, 1.54) is 20.0 Å². The number of piperidine rings is 1. The van der Waals surface area contributed by atoms with Crippen molar-refractivity contribution in [2.24, 2.45) is 0 Å². The van der Waals surface area contributed by atoms with Gasteiger partial charge in [-0.1, -0.05) is 13.3 Å². The molecule has 2 aliphatic rings. The maximum Gasteiger partial charge on any atom is 0.339 e. The van der Waals surface area contributed by atoms with Crippen LogP contribution in [0.4, 0.5) is 0 Å². The van der Waals surface area contributed by atoms with Gasteiger partial charge in [-0.3, -0.25) is 9.69 Å². The predicted octanol–water partition coefficient (Wildman–Crippen LogP) is 2.03. The molecule has 24 heavy (non-hydrogen) atoms. The molecule has 0 spiro atoms. The molecule has 3 rings (SSSR count). The fourth-order valence-corrected chi connectivity index (χ4v) is 4.19. The molecule has 1 aromatic heterocycles. The summed E-state index contributed by atoms with van der Waals surface area (Å²) in [6.45, 7) is 5.96. The van der Waals surface area contributed by atoms with Crippen LogP contribution in [0.2, 0.25) is 0 Å². The number of fused-ring (bicyclic) bond motifs is 1. The van der Waals surface area contributed by atoms with E-state index in [4.69, 9.17) is 4.74 Å². The average molecular weight is 333 g/mol. The number of H-pyrrole nitrogens is 1. The Morgan fingerprint density at radius 2 is 2.08 bits per heavy atom. The van der Waals surface area contributed by atoms with Crippen molar-refractivity contribution < 1.29 is 14.3 Å². The summed E-state index contributed by atoms with van der Waals surface area (Å²) in [6.07, 6.45) is 5.30. The van der Waals surface area contributed by atoms with Gasteiger partial charge >= 0.3 is 5.97 Å². The Labute approximate surface area is 142 Å². The zero-order chi connectivity index (χ0) is 17.3. The Bertz CT molecular complexity index is 638. The summed E-state index contributed by atoms with van der Waals surface area (Å²) < 4.78 is 4.86. The Morgan fingerprint density at radius 3 is 2.79 bits per heavy atom. The number of esters is 1. The van der Waals surface area contributed by atoms with E-state index < -0.39 is 0 Å². The number of aromatic amines is 1. The third kappa shape index (κ3) is 2.95. The molecule has 6 nitrogen and oxygen atoms in total. The van der Waals surface area contributed by atoms with E-state index in [-0.39, 0.29) is 17.9 Å². The highest BCUT2D eigenvalue weighted by Gasteiger charge is 2.37. The number of aryl methyl sites for hydroxylation is 1. The van der Waals surface area contributed by atoms with Crippen LogP contribution in [0.25, 0.3) is 0 Å². The van der Waals surface area contributed by atoms with Gasteiger partial charge < -0.3 is 15.0 Å². The first-order valence-corrected chi connectivity index (χ1v) is 8.91. The summed E-state index contributed by atoms with van der Waals surface area (Å²) in [7, 11) is 1.37. The molecule has 6 heteroatoms. The van der Waals surface area contributed by atoms with Crippen molar-refractivity contribution in [3.05, 3.63) is 22.5 Å². The number of hydrogen-bond donors (Lipinski definition) is 2. The summed E-state index contributed by atoms with van der Waals surface area (Å²) >= 11 is 0. The lowest BCUT2D eigenvalue weighted by Crippen LogP contribution is -2.47. The molecule has 2 N–H and O–H groups in total. The molecule has 2 atom stereocenters. The van der Waals surface area contributed by atoms with Crippen molar-refractivity contribution >= 4 is 11.9 Å². The number of nitrogens with one attached hydrogen (secondary N) is 2. The lowest BCUT2D eigenvalue weighted by atomic mass is 9.99. The van der Waals surface area contributed by atoms with Gasteiger partial charge in [0.2, 0.25) is 0 Å². The van der Waals surface area contributed by atoms with Gasteiger partial charge in [-0.2, -0.15) is 0 Å². The number of rotatable bonds is 4. The van der Waals surface area contributed by atoms with E-state index in [9.17, 15) is 9.59 Å². The number of aromatic nitrogens is 1. The second kappa shape index (κ2) is 6.97. The van der Waals surface area contributed by atoms with E-state index in [1.807, 2.05) is 6.92 Å². The molecule has 0 aliphatic carbocycles. The van der Waals surface area contributed by atoms with Crippen LogP contribution in [0.15, 0.2) is 0 Å². The van der Waals surface area contributed by atoms with Gasteiger partial charge in [-0.15, -0.1) is 0 Å². The van der Waals surface area contributed by atoms with Crippen molar-refractivity contribution in [1.82, 2.24) is 15.2 Å². The Morgan fingerprint density at radius 1 is 1.29 bits per heavy atom. The van der Waals surface area contributed by atoms with E-state index in [0.717, 1.165) is 31.6 Å². The lowest BCUT2D eigenvalue weighted by Gasteiger charge is -2.32. The Kier molecular flexibility index (Phi) is 4.94. The monoisotopic (exact) mass is 333 g/mol. The van der Waals surface area contributed by atoms with E-state index in [0.29, 0.717) is 29.3 Å². The highest BCUT2D eigenvalue weighted by Crippen LogP contribution is 2.28.